The maximum atomic E-state index is 11.6. The summed E-state index contributed by atoms with van der Waals surface area (Å²) in [4.78, 5) is 24.4. The average molecular weight is 287 g/mol. The molecule has 0 radical (unpaired) electrons. The fourth-order valence-electron chi connectivity index (χ4n) is 2.10. The van der Waals surface area contributed by atoms with Crippen LogP contribution in [0.15, 0.2) is 0 Å². The Kier molecular flexibility index (Phi) is 7.32. The van der Waals surface area contributed by atoms with E-state index in [0.29, 0.717) is 19.7 Å². The van der Waals surface area contributed by atoms with Gasteiger partial charge < -0.3 is 25.4 Å². The molecule has 1 heterocycles. The lowest BCUT2D eigenvalue weighted by atomic mass is 10.0. The van der Waals surface area contributed by atoms with Crippen LogP contribution in [-0.2, 0) is 9.53 Å². The van der Waals surface area contributed by atoms with E-state index in [1.165, 1.54) is 0 Å². The third-order valence-corrected chi connectivity index (χ3v) is 3.42. The number of hydrogen-bond donors (Lipinski definition) is 3. The van der Waals surface area contributed by atoms with E-state index in [1.807, 2.05) is 14.0 Å². The quantitative estimate of drug-likeness (QED) is 0.618. The number of ether oxygens (including phenoxy) is 1. The van der Waals surface area contributed by atoms with E-state index in [1.54, 1.807) is 0 Å². The number of carboxylic acids is 1. The summed E-state index contributed by atoms with van der Waals surface area (Å²) in [5.74, 6) is -0.868. The maximum absolute atomic E-state index is 11.6. The van der Waals surface area contributed by atoms with Crippen molar-refractivity contribution in [2.24, 2.45) is 5.92 Å². The summed E-state index contributed by atoms with van der Waals surface area (Å²) in [6.45, 7) is 5.15. The Hall–Kier alpha value is -1.34. The molecule has 1 aliphatic rings. The standard InChI is InChI=1S/C13H25N3O4/c1-3-10(6-12(17)18)7-14-13(19)15-8-11-9-16(2)4-5-20-11/h10-11H,3-9H2,1-2H3,(H,17,18)(H2,14,15,19). The molecule has 0 saturated carbocycles. The molecular formula is C13H25N3O4. The highest BCUT2D eigenvalue weighted by Crippen LogP contribution is 2.06. The van der Waals surface area contributed by atoms with Gasteiger partial charge in [-0.15, -0.1) is 0 Å². The minimum Gasteiger partial charge on any atom is -0.481 e. The Balaban J connectivity index is 2.17. The lowest BCUT2D eigenvalue weighted by molar-refractivity contribution is -0.138. The highest BCUT2D eigenvalue weighted by molar-refractivity contribution is 5.74. The zero-order valence-corrected chi connectivity index (χ0v) is 12.2. The van der Waals surface area contributed by atoms with Crippen LogP contribution >= 0.6 is 0 Å². The Labute approximate surface area is 119 Å². The van der Waals surface area contributed by atoms with Gasteiger partial charge in [0.2, 0.25) is 0 Å². The van der Waals surface area contributed by atoms with Gasteiger partial charge in [-0.05, 0) is 13.0 Å². The molecule has 1 fully saturated rings. The van der Waals surface area contributed by atoms with Crippen LogP contribution in [0, 0.1) is 5.92 Å². The number of rotatable bonds is 7. The fourth-order valence-corrected chi connectivity index (χ4v) is 2.10. The van der Waals surface area contributed by atoms with Crippen molar-refractivity contribution in [1.82, 2.24) is 15.5 Å². The van der Waals surface area contributed by atoms with Crippen molar-refractivity contribution in [3.63, 3.8) is 0 Å². The minimum atomic E-state index is -0.835. The normalized spacial score (nSPS) is 21.2. The minimum absolute atomic E-state index is 0.0143. The van der Waals surface area contributed by atoms with E-state index in [0.717, 1.165) is 19.5 Å². The largest absolute Gasteiger partial charge is 0.481 e. The Bertz CT molecular complexity index is 325. The number of hydrogen-bond acceptors (Lipinski definition) is 4. The van der Waals surface area contributed by atoms with Crippen LogP contribution in [0.1, 0.15) is 19.8 Å². The molecular weight excluding hydrogens is 262 g/mol. The van der Waals surface area contributed by atoms with Crippen molar-refractivity contribution >= 4 is 12.0 Å². The molecule has 1 aliphatic heterocycles. The first-order chi connectivity index (χ1) is 9.51. The molecule has 1 saturated heterocycles. The van der Waals surface area contributed by atoms with Crippen LogP contribution in [0.3, 0.4) is 0 Å². The number of carbonyl (C=O) groups excluding carboxylic acids is 1. The van der Waals surface area contributed by atoms with Crippen LogP contribution in [0.2, 0.25) is 0 Å². The molecule has 2 amide bonds. The van der Waals surface area contributed by atoms with Gasteiger partial charge >= 0.3 is 12.0 Å². The summed E-state index contributed by atoms with van der Waals surface area (Å²) < 4.78 is 5.54. The van der Waals surface area contributed by atoms with Gasteiger partial charge in [-0.3, -0.25) is 4.79 Å². The van der Waals surface area contributed by atoms with E-state index in [9.17, 15) is 9.59 Å². The molecule has 0 spiro atoms. The highest BCUT2D eigenvalue weighted by Gasteiger charge is 2.18. The summed E-state index contributed by atoms with van der Waals surface area (Å²) in [6.07, 6.45) is 0.816. The zero-order valence-electron chi connectivity index (χ0n) is 12.2. The summed E-state index contributed by atoms with van der Waals surface area (Å²) in [5.41, 5.74) is 0. The monoisotopic (exact) mass is 287 g/mol. The van der Waals surface area contributed by atoms with Gasteiger partial charge in [0.15, 0.2) is 0 Å². The van der Waals surface area contributed by atoms with E-state index in [4.69, 9.17) is 9.84 Å². The number of amides is 2. The zero-order chi connectivity index (χ0) is 15.0. The Morgan fingerprint density at radius 3 is 2.80 bits per heavy atom. The SMILES string of the molecule is CCC(CNC(=O)NCC1CN(C)CCO1)CC(=O)O. The van der Waals surface area contributed by atoms with Crippen molar-refractivity contribution in [2.45, 2.75) is 25.9 Å². The van der Waals surface area contributed by atoms with Gasteiger partial charge in [0, 0.05) is 32.6 Å². The first-order valence-corrected chi connectivity index (χ1v) is 7.04. The molecule has 116 valence electrons. The van der Waals surface area contributed by atoms with E-state index in [-0.39, 0.29) is 24.5 Å². The maximum Gasteiger partial charge on any atom is 0.314 e. The van der Waals surface area contributed by atoms with Crippen molar-refractivity contribution in [2.75, 3.05) is 39.8 Å². The highest BCUT2D eigenvalue weighted by atomic mass is 16.5. The number of carboxylic acid groups (broad SMARTS) is 1. The van der Waals surface area contributed by atoms with Crippen LogP contribution in [0.5, 0.6) is 0 Å². The molecule has 3 N–H and O–H groups in total. The molecule has 7 nitrogen and oxygen atoms in total. The summed E-state index contributed by atoms with van der Waals surface area (Å²) >= 11 is 0. The number of morpholine rings is 1. The van der Waals surface area contributed by atoms with Crippen LogP contribution in [0.4, 0.5) is 4.79 Å². The van der Waals surface area contributed by atoms with Crippen LogP contribution in [0.25, 0.3) is 0 Å². The number of likely N-dealkylation sites (N-methyl/N-ethyl adjacent to an activating group) is 1. The van der Waals surface area contributed by atoms with E-state index < -0.39 is 5.97 Å². The molecule has 2 unspecified atom stereocenters. The Morgan fingerprint density at radius 2 is 2.20 bits per heavy atom. The van der Waals surface area contributed by atoms with Crippen LogP contribution < -0.4 is 10.6 Å². The number of aliphatic carboxylic acids is 1. The third kappa shape index (κ3) is 6.72. The van der Waals surface area contributed by atoms with Gasteiger partial charge in [0.05, 0.1) is 12.7 Å². The molecule has 2 atom stereocenters. The van der Waals surface area contributed by atoms with Crippen molar-refractivity contribution in [3.8, 4) is 0 Å². The Morgan fingerprint density at radius 1 is 1.45 bits per heavy atom. The smallest absolute Gasteiger partial charge is 0.314 e. The number of urea groups is 1. The lowest BCUT2D eigenvalue weighted by Gasteiger charge is -2.30. The molecule has 7 heteroatoms. The van der Waals surface area contributed by atoms with Crippen molar-refractivity contribution in [3.05, 3.63) is 0 Å². The van der Waals surface area contributed by atoms with Gasteiger partial charge in [-0.2, -0.15) is 0 Å². The summed E-state index contributed by atoms with van der Waals surface area (Å²) in [6, 6.07) is -0.273. The lowest BCUT2D eigenvalue weighted by Crippen LogP contribution is -2.48. The first kappa shape index (κ1) is 16.7. The molecule has 0 aromatic heterocycles. The number of nitrogens with one attached hydrogen (secondary N) is 2. The van der Waals surface area contributed by atoms with Gasteiger partial charge in [0.25, 0.3) is 0 Å². The topological polar surface area (TPSA) is 90.9 Å². The molecule has 20 heavy (non-hydrogen) atoms. The first-order valence-electron chi connectivity index (χ1n) is 7.04. The van der Waals surface area contributed by atoms with Gasteiger partial charge in [-0.1, -0.05) is 13.3 Å². The third-order valence-electron chi connectivity index (χ3n) is 3.42. The predicted molar refractivity (Wildman–Crippen MR) is 74.7 cm³/mol. The second-order valence-corrected chi connectivity index (χ2v) is 5.22. The number of nitrogens with zero attached hydrogens (tertiary/aromatic N) is 1. The summed E-state index contributed by atoms with van der Waals surface area (Å²) in [7, 11) is 2.02. The van der Waals surface area contributed by atoms with Crippen molar-refractivity contribution in [1.29, 1.82) is 0 Å². The molecule has 0 bridgehead atoms. The fraction of sp³-hybridized carbons (Fsp3) is 0.846. The molecule has 0 aromatic carbocycles. The predicted octanol–water partition coefficient (Wildman–Crippen LogP) is 0.117. The molecule has 0 aromatic rings. The van der Waals surface area contributed by atoms with Crippen molar-refractivity contribution < 1.29 is 19.4 Å². The summed E-state index contributed by atoms with van der Waals surface area (Å²) in [5, 5.41) is 14.2. The molecule has 0 aliphatic carbocycles. The molecule has 1 rings (SSSR count). The number of carbonyl (C=O) groups is 2. The van der Waals surface area contributed by atoms with E-state index in [2.05, 4.69) is 15.5 Å². The van der Waals surface area contributed by atoms with E-state index >= 15 is 0 Å². The van der Waals surface area contributed by atoms with Gasteiger partial charge in [-0.25, -0.2) is 4.79 Å². The second kappa shape index (κ2) is 8.76. The second-order valence-electron chi connectivity index (χ2n) is 5.22. The van der Waals surface area contributed by atoms with Gasteiger partial charge in [0.1, 0.15) is 0 Å². The van der Waals surface area contributed by atoms with Crippen LogP contribution in [-0.4, -0.2) is 67.9 Å². The average Bonchev–Trinajstić information content (AvgIpc) is 2.40.